The molecule has 0 aliphatic rings. The van der Waals surface area contributed by atoms with Crippen LogP contribution in [0.1, 0.15) is 212 Å². The molecule has 252 valence electrons. The molecule has 0 saturated heterocycles. The minimum atomic E-state index is 0.530. The van der Waals surface area contributed by atoms with E-state index in [1.807, 2.05) is 0 Å². The van der Waals surface area contributed by atoms with E-state index in [2.05, 4.69) is 95.2 Å². The molecule has 0 aliphatic carbocycles. The lowest BCUT2D eigenvalue weighted by Crippen LogP contribution is -2.20. The maximum Gasteiger partial charge on any atom is -0.0233 e. The maximum atomic E-state index is 2.61. The van der Waals surface area contributed by atoms with Crippen LogP contribution in [0.5, 0.6) is 0 Å². The number of allylic oxidation sites excluding steroid dienone is 2. The highest BCUT2D eigenvalue weighted by Crippen LogP contribution is 2.38. The van der Waals surface area contributed by atoms with Crippen molar-refractivity contribution in [1.29, 1.82) is 0 Å². The lowest BCUT2D eigenvalue weighted by atomic mass is 9.73. The van der Waals surface area contributed by atoms with Crippen LogP contribution >= 0.6 is 0 Å². The van der Waals surface area contributed by atoms with E-state index in [0.29, 0.717) is 10.8 Å². The third-order valence-electron chi connectivity index (χ3n) is 11.4. The zero-order chi connectivity index (χ0) is 32.0. The van der Waals surface area contributed by atoms with Crippen LogP contribution in [0.25, 0.3) is 0 Å². The summed E-state index contributed by atoms with van der Waals surface area (Å²) in [6, 6.07) is 0. The van der Waals surface area contributed by atoms with Crippen molar-refractivity contribution in [3.8, 4) is 0 Å². The molecule has 0 N–H and O–H groups in total. The minimum absolute atomic E-state index is 0.530. The van der Waals surface area contributed by atoms with E-state index < -0.39 is 0 Å². The van der Waals surface area contributed by atoms with Crippen LogP contribution in [-0.2, 0) is 0 Å². The van der Waals surface area contributed by atoms with Crippen molar-refractivity contribution in [2.45, 2.75) is 212 Å². The molecule has 0 aromatic carbocycles. The normalized spacial score (nSPS) is 17.8. The highest BCUT2D eigenvalue weighted by molar-refractivity contribution is 4.90. The second kappa shape index (κ2) is 24.0. The Morgan fingerprint density at radius 1 is 0.619 bits per heavy atom. The molecule has 0 radical (unpaired) electrons. The molecular weight excluding hydrogens is 504 g/mol. The molecule has 0 saturated carbocycles. The Morgan fingerprint density at radius 3 is 1.90 bits per heavy atom. The zero-order valence-corrected chi connectivity index (χ0v) is 31.8. The van der Waals surface area contributed by atoms with Crippen LogP contribution in [-0.4, -0.2) is 0 Å². The summed E-state index contributed by atoms with van der Waals surface area (Å²) < 4.78 is 0. The van der Waals surface area contributed by atoms with Crippen LogP contribution < -0.4 is 0 Å². The van der Waals surface area contributed by atoms with Crippen molar-refractivity contribution >= 4 is 0 Å². The molecule has 0 rings (SSSR count). The van der Waals surface area contributed by atoms with Gasteiger partial charge in [-0.25, -0.2) is 0 Å². The smallest absolute Gasteiger partial charge is 0.0233 e. The zero-order valence-electron chi connectivity index (χ0n) is 31.8. The van der Waals surface area contributed by atoms with Crippen molar-refractivity contribution in [3.63, 3.8) is 0 Å². The first-order chi connectivity index (χ1) is 19.8. The standard InChI is InChI=1S/C42H84/c1-13-25-39(14-2)33-40(29-22-21-26-35(5)6)38(9)28-20-18-17-19-23-31-42(12,16-4)34-37(8)32-36(7)27-24-30-41(10,11)15-3/h20,28,35-40H,13-19,21-27,29-34H2,1-12H3. The van der Waals surface area contributed by atoms with Crippen LogP contribution in [0.4, 0.5) is 0 Å². The van der Waals surface area contributed by atoms with Gasteiger partial charge in [-0.2, -0.15) is 0 Å². The van der Waals surface area contributed by atoms with E-state index in [4.69, 9.17) is 0 Å². The average molecular weight is 589 g/mol. The molecule has 42 heavy (non-hydrogen) atoms. The number of hydrogen-bond donors (Lipinski definition) is 0. The van der Waals surface area contributed by atoms with Gasteiger partial charge in [0.15, 0.2) is 0 Å². The first-order valence-corrected chi connectivity index (χ1v) is 19.5. The van der Waals surface area contributed by atoms with Gasteiger partial charge in [0.2, 0.25) is 0 Å². The van der Waals surface area contributed by atoms with Crippen molar-refractivity contribution in [2.24, 2.45) is 46.3 Å². The summed E-state index contributed by atoms with van der Waals surface area (Å²) in [6.45, 7) is 29.3. The molecular formula is C42H84. The summed E-state index contributed by atoms with van der Waals surface area (Å²) in [5, 5.41) is 0. The highest BCUT2D eigenvalue weighted by atomic mass is 14.3. The van der Waals surface area contributed by atoms with Gasteiger partial charge in [-0.15, -0.1) is 0 Å². The Hall–Kier alpha value is -0.260. The number of rotatable bonds is 28. The average Bonchev–Trinajstić information content (AvgIpc) is 2.93. The highest BCUT2D eigenvalue weighted by Gasteiger charge is 2.25. The van der Waals surface area contributed by atoms with E-state index >= 15 is 0 Å². The van der Waals surface area contributed by atoms with Gasteiger partial charge in [0, 0.05) is 0 Å². The SMILES string of the molecule is CCCC(CC)CC(CCCCC(C)C)C(C)C=CCCCCCC(C)(CC)CC(C)CC(C)CCCC(C)(C)CC. The van der Waals surface area contributed by atoms with Crippen molar-refractivity contribution < 1.29 is 0 Å². The Morgan fingerprint density at radius 2 is 1.31 bits per heavy atom. The van der Waals surface area contributed by atoms with E-state index in [1.165, 1.54) is 128 Å². The Kier molecular flexibility index (Phi) is 23.9. The van der Waals surface area contributed by atoms with Crippen LogP contribution in [0.2, 0.25) is 0 Å². The molecule has 0 heterocycles. The van der Waals surface area contributed by atoms with Gasteiger partial charge >= 0.3 is 0 Å². The first kappa shape index (κ1) is 41.7. The van der Waals surface area contributed by atoms with Gasteiger partial charge in [-0.05, 0) is 97.7 Å². The van der Waals surface area contributed by atoms with E-state index in [-0.39, 0.29) is 0 Å². The predicted octanol–water partition coefficient (Wildman–Crippen LogP) is 15.3. The van der Waals surface area contributed by atoms with Gasteiger partial charge in [0.05, 0.1) is 0 Å². The topological polar surface area (TPSA) is 0 Å². The monoisotopic (exact) mass is 589 g/mol. The quantitative estimate of drug-likeness (QED) is 0.0630. The third kappa shape index (κ3) is 21.4. The van der Waals surface area contributed by atoms with Gasteiger partial charge in [-0.1, -0.05) is 172 Å². The predicted molar refractivity (Wildman–Crippen MR) is 195 cm³/mol. The van der Waals surface area contributed by atoms with Gasteiger partial charge < -0.3 is 0 Å². The summed E-state index contributed by atoms with van der Waals surface area (Å²) >= 11 is 0. The molecule has 6 unspecified atom stereocenters. The summed E-state index contributed by atoms with van der Waals surface area (Å²) in [6.07, 6.45) is 33.0. The molecule has 0 aliphatic heterocycles. The molecule has 6 atom stereocenters. The summed E-state index contributed by atoms with van der Waals surface area (Å²) in [7, 11) is 0. The third-order valence-corrected chi connectivity index (χ3v) is 11.4. The molecule has 0 fully saturated rings. The minimum Gasteiger partial charge on any atom is -0.0883 e. The maximum absolute atomic E-state index is 2.61. The van der Waals surface area contributed by atoms with E-state index in [1.54, 1.807) is 0 Å². The largest absolute Gasteiger partial charge is 0.0883 e. The fourth-order valence-electron chi connectivity index (χ4n) is 7.60. The molecule has 0 nitrogen and oxygen atoms in total. The fraction of sp³-hybridized carbons (Fsp3) is 0.952. The number of unbranched alkanes of at least 4 members (excludes halogenated alkanes) is 4. The second-order valence-corrected chi connectivity index (χ2v) is 16.8. The summed E-state index contributed by atoms with van der Waals surface area (Å²) in [5.41, 5.74) is 1.06. The second-order valence-electron chi connectivity index (χ2n) is 16.8. The fourth-order valence-corrected chi connectivity index (χ4v) is 7.60. The van der Waals surface area contributed by atoms with Crippen LogP contribution in [0.3, 0.4) is 0 Å². The van der Waals surface area contributed by atoms with E-state index in [9.17, 15) is 0 Å². The molecule has 0 aromatic heterocycles. The lowest BCUT2D eigenvalue weighted by Gasteiger charge is -2.32. The Balaban J connectivity index is 4.53. The van der Waals surface area contributed by atoms with Crippen LogP contribution in [0, 0.1) is 46.3 Å². The first-order valence-electron chi connectivity index (χ1n) is 19.5. The van der Waals surface area contributed by atoms with Crippen LogP contribution in [0.15, 0.2) is 12.2 Å². The summed E-state index contributed by atoms with van der Waals surface area (Å²) in [4.78, 5) is 0. The summed E-state index contributed by atoms with van der Waals surface area (Å²) in [5.74, 6) is 5.13. The Bertz CT molecular complexity index is 626. The molecule has 0 aromatic rings. The van der Waals surface area contributed by atoms with Gasteiger partial charge in [0.25, 0.3) is 0 Å². The van der Waals surface area contributed by atoms with E-state index in [0.717, 1.165) is 35.5 Å². The Labute approximate surface area is 269 Å². The lowest BCUT2D eigenvalue weighted by molar-refractivity contribution is 0.193. The molecule has 0 heteroatoms. The molecule has 0 bridgehead atoms. The molecule has 0 amide bonds. The van der Waals surface area contributed by atoms with Crippen molar-refractivity contribution in [1.82, 2.24) is 0 Å². The number of hydrogen-bond acceptors (Lipinski definition) is 0. The van der Waals surface area contributed by atoms with Gasteiger partial charge in [0.1, 0.15) is 0 Å². The van der Waals surface area contributed by atoms with Crippen molar-refractivity contribution in [3.05, 3.63) is 12.2 Å². The van der Waals surface area contributed by atoms with Crippen molar-refractivity contribution in [2.75, 3.05) is 0 Å². The van der Waals surface area contributed by atoms with Gasteiger partial charge in [-0.3, -0.25) is 0 Å². The molecule has 0 spiro atoms.